The number of ether oxygens (including phenoxy) is 17. The average Bonchev–Trinajstić information content (AvgIpc) is 0.880. The first kappa shape index (κ1) is 122. The highest BCUT2D eigenvalue weighted by molar-refractivity contribution is 5.91. The minimum absolute atomic E-state index is 0.0338. The molecular weight excluding hydrogens is 1890 g/mol. The molecule has 146 heavy (non-hydrogen) atoms. The predicted octanol–water partition coefficient (Wildman–Crippen LogP) is 10.4. The maximum Gasteiger partial charge on any atom is 0.408 e. The van der Waals surface area contributed by atoms with Crippen LogP contribution in [-0.2, 0) is 144 Å². The molecule has 40 heteroatoms. The monoisotopic (exact) mass is 2050 g/mol. The standard InChI is InChI=1S/C106H156N12O28/c119-96(107-53-27-57-130-63-69-136-71-65-132-59-29-55-109-98(121)93(44-20-24-50-112-102(125)142-81-87-33-9-2-10-34-87)115-79-92(116-105(128)145-84-90-39-15-5-16-40-90)43-19-23-49-111-101(124)141-80-86-31-7-1-8-32-86)47-61-134-67-73-138-75-77-140-78-76-139-74-68-135-62-48-97(120)108-54-28-58-131-64-70-137-72-66-133-60-30-56-110-99(122)94(45-21-25-51-113-103(126)143-82-88-35-11-3-12-36-88)117-100(123)95(118-106(129)146-85-91-41-17-6-18-42-91)46-22-26-52-114-104(127)144-83-89-37-13-4-14-38-89/h1-18,31-42,92-95,115H,19-30,43-85H2,(H,107,119)(H,108,120)(H,109,121)(H,110,122)(H,111,124)(H,112,125)(H,113,126)(H,114,127)(H,116,128)(H,117,123)(H,118,129)/t92-,93-,94-,95-/m0/s1. The van der Waals surface area contributed by atoms with Gasteiger partial charge in [0.05, 0.1) is 125 Å². The summed E-state index contributed by atoms with van der Waals surface area (Å²) in [6.45, 7) is 11.3. The van der Waals surface area contributed by atoms with Gasteiger partial charge >= 0.3 is 36.6 Å². The molecule has 0 fully saturated rings. The van der Waals surface area contributed by atoms with Gasteiger partial charge in [-0.05, 0) is 136 Å². The van der Waals surface area contributed by atoms with Gasteiger partial charge in [-0.1, -0.05) is 182 Å². The van der Waals surface area contributed by atoms with Gasteiger partial charge in [-0.25, -0.2) is 28.8 Å². The van der Waals surface area contributed by atoms with Gasteiger partial charge in [0.1, 0.15) is 51.7 Å². The fourth-order valence-corrected chi connectivity index (χ4v) is 13.7. The highest BCUT2D eigenvalue weighted by Crippen LogP contribution is 2.14. The molecule has 0 radical (unpaired) electrons. The molecule has 0 bridgehead atoms. The van der Waals surface area contributed by atoms with E-state index in [1.807, 2.05) is 170 Å². The van der Waals surface area contributed by atoms with Crippen LogP contribution in [0.15, 0.2) is 182 Å². The van der Waals surface area contributed by atoms with E-state index in [-0.39, 0.29) is 122 Å². The van der Waals surface area contributed by atoms with Crippen molar-refractivity contribution in [3.05, 3.63) is 215 Å². The van der Waals surface area contributed by atoms with Gasteiger partial charge in [0, 0.05) is 104 Å². The number of hydrogen-bond acceptors (Lipinski definition) is 29. The fraction of sp³-hybridized carbons (Fsp3) is 0.557. The zero-order valence-electron chi connectivity index (χ0n) is 84.5. The van der Waals surface area contributed by atoms with E-state index < -0.39 is 72.5 Å². The van der Waals surface area contributed by atoms with Crippen molar-refractivity contribution in [1.82, 2.24) is 63.8 Å². The molecule has 0 aliphatic heterocycles. The van der Waals surface area contributed by atoms with E-state index in [1.165, 1.54) is 0 Å². The molecule has 0 saturated heterocycles. The van der Waals surface area contributed by atoms with Crippen molar-refractivity contribution in [3.8, 4) is 0 Å². The van der Waals surface area contributed by atoms with Crippen LogP contribution in [0.4, 0.5) is 28.8 Å². The predicted molar refractivity (Wildman–Crippen MR) is 543 cm³/mol. The highest BCUT2D eigenvalue weighted by Gasteiger charge is 2.28. The maximum absolute atomic E-state index is 14.1. The molecule has 0 saturated carbocycles. The largest absolute Gasteiger partial charge is 0.445 e. The second-order valence-electron chi connectivity index (χ2n) is 33.6. The quantitative estimate of drug-likeness (QED) is 0.0125. The third kappa shape index (κ3) is 67.5. The summed E-state index contributed by atoms with van der Waals surface area (Å²) >= 11 is 0. The summed E-state index contributed by atoms with van der Waals surface area (Å²) in [5.74, 6) is -1.52. The summed E-state index contributed by atoms with van der Waals surface area (Å²) in [7, 11) is 0. The van der Waals surface area contributed by atoms with Crippen LogP contribution in [0.25, 0.3) is 0 Å². The zero-order chi connectivity index (χ0) is 104. The minimum Gasteiger partial charge on any atom is -0.445 e. The van der Waals surface area contributed by atoms with Crippen LogP contribution < -0.4 is 63.8 Å². The lowest BCUT2D eigenvalue weighted by molar-refractivity contribution is -0.130. The van der Waals surface area contributed by atoms with Crippen molar-refractivity contribution in [3.63, 3.8) is 0 Å². The zero-order valence-corrected chi connectivity index (χ0v) is 84.5. The highest BCUT2D eigenvalue weighted by atomic mass is 16.6. The van der Waals surface area contributed by atoms with Crippen LogP contribution in [0, 0.1) is 0 Å². The molecule has 6 rings (SSSR count). The Hall–Kier alpha value is -12.2. The Morgan fingerprint density at radius 2 is 0.425 bits per heavy atom. The first-order valence-corrected chi connectivity index (χ1v) is 50.8. The molecule has 40 nitrogen and oxygen atoms in total. The normalized spacial score (nSPS) is 11.8. The molecule has 4 atom stereocenters. The Bertz CT molecular complexity index is 4390. The Kier molecular flexibility index (Phi) is 71.3. The first-order chi connectivity index (χ1) is 71.6. The number of nitrogens with one attached hydrogen (secondary N) is 12. The number of amides is 11. The number of hydrogen-bond donors (Lipinski definition) is 12. The summed E-state index contributed by atoms with van der Waals surface area (Å²) in [4.78, 5) is 142. The summed E-state index contributed by atoms with van der Waals surface area (Å²) in [5.41, 5.74) is 5.01. The first-order valence-electron chi connectivity index (χ1n) is 50.8. The Morgan fingerprint density at radius 3 is 0.719 bits per heavy atom. The third-order valence-electron chi connectivity index (χ3n) is 21.6. The van der Waals surface area contributed by atoms with Gasteiger partial charge in [0.2, 0.25) is 29.5 Å². The lowest BCUT2D eigenvalue weighted by Crippen LogP contribution is -2.54. The van der Waals surface area contributed by atoms with E-state index in [4.69, 9.17) is 80.5 Å². The van der Waals surface area contributed by atoms with Crippen LogP contribution in [0.2, 0.25) is 0 Å². The SMILES string of the molecule is O=C(CCOCCOCCOCCOCCOCCC(=O)NCCCOCCOCCOCCCNC(=O)[C@H](CCCCNC(=O)OCc1ccccc1)NC(=O)[C@H](CCCCNC(=O)OCc1ccccc1)NC(=O)OCc1ccccc1)NCCCOCCOCCOCCCNC(=O)[C@H](CCCCNC(=O)OCc1ccccc1)NC[C@H](CCCCNC(=O)OCc1ccccc1)NC(=O)OCc1ccccc1. The van der Waals surface area contributed by atoms with E-state index in [0.717, 1.165) is 33.4 Å². The molecule has 808 valence electrons. The third-order valence-corrected chi connectivity index (χ3v) is 21.6. The molecule has 12 N–H and O–H groups in total. The fourth-order valence-electron chi connectivity index (χ4n) is 13.7. The van der Waals surface area contributed by atoms with E-state index in [1.54, 1.807) is 12.1 Å². The van der Waals surface area contributed by atoms with E-state index in [2.05, 4.69) is 63.8 Å². The van der Waals surface area contributed by atoms with Crippen LogP contribution in [0.3, 0.4) is 0 Å². The summed E-state index contributed by atoms with van der Waals surface area (Å²) in [6, 6.07) is 52.6. The van der Waals surface area contributed by atoms with E-state index >= 15 is 0 Å². The van der Waals surface area contributed by atoms with Gasteiger partial charge in [0.15, 0.2) is 0 Å². The maximum atomic E-state index is 14.1. The van der Waals surface area contributed by atoms with Gasteiger partial charge in [-0.2, -0.15) is 0 Å². The summed E-state index contributed by atoms with van der Waals surface area (Å²) < 4.78 is 94.2. The molecule has 0 aliphatic rings. The Balaban J connectivity index is 0.688. The van der Waals surface area contributed by atoms with Gasteiger partial charge < -0.3 is 144 Å². The van der Waals surface area contributed by atoms with Crippen molar-refractivity contribution in [2.24, 2.45) is 0 Å². The van der Waals surface area contributed by atoms with Crippen molar-refractivity contribution in [2.75, 3.05) is 204 Å². The second-order valence-corrected chi connectivity index (χ2v) is 33.6. The number of carbonyl (C=O) groups excluding carboxylic acids is 11. The topological polar surface area (TPSA) is 489 Å². The van der Waals surface area contributed by atoms with Crippen LogP contribution in [0.5, 0.6) is 0 Å². The van der Waals surface area contributed by atoms with Gasteiger partial charge in [-0.3, -0.25) is 24.0 Å². The molecule has 6 aromatic rings. The molecule has 0 aromatic heterocycles. The van der Waals surface area contributed by atoms with E-state index in [9.17, 15) is 52.7 Å². The number of benzene rings is 6. The van der Waals surface area contributed by atoms with Gasteiger partial charge in [-0.15, -0.1) is 0 Å². The van der Waals surface area contributed by atoms with Crippen molar-refractivity contribution in [1.29, 1.82) is 0 Å². The molecular formula is C106H156N12O28. The Morgan fingerprint density at radius 1 is 0.199 bits per heavy atom. The van der Waals surface area contributed by atoms with Crippen molar-refractivity contribution in [2.45, 2.75) is 179 Å². The number of rotatable bonds is 87. The van der Waals surface area contributed by atoms with E-state index in [0.29, 0.717) is 255 Å². The second kappa shape index (κ2) is 84.9. The molecule has 11 amide bonds. The van der Waals surface area contributed by atoms with Crippen molar-refractivity contribution >= 4 is 66.1 Å². The summed E-state index contributed by atoms with van der Waals surface area (Å²) in [6.07, 6.45) is 4.51. The number of alkyl carbamates (subject to hydrolysis) is 6. The van der Waals surface area contributed by atoms with Gasteiger partial charge in [0.25, 0.3) is 0 Å². The molecule has 0 unspecified atom stereocenters. The minimum atomic E-state index is -1.10. The van der Waals surface area contributed by atoms with Crippen LogP contribution in [-0.4, -0.2) is 295 Å². The average molecular weight is 2050 g/mol. The molecule has 0 aliphatic carbocycles. The molecule has 0 heterocycles. The Labute approximate surface area is 858 Å². The smallest absolute Gasteiger partial charge is 0.408 e. The van der Waals surface area contributed by atoms with Crippen LogP contribution in [0.1, 0.15) is 149 Å². The lowest BCUT2D eigenvalue weighted by Gasteiger charge is -2.24. The lowest BCUT2D eigenvalue weighted by atomic mass is 10.1. The molecule has 0 spiro atoms. The molecule has 6 aromatic carbocycles. The number of carbonyl (C=O) groups is 11. The number of unbranched alkanes of at least 4 members (excludes halogenated alkanes) is 4. The van der Waals surface area contributed by atoms with Crippen molar-refractivity contribution < 1.29 is 133 Å². The van der Waals surface area contributed by atoms with Crippen LogP contribution >= 0.6 is 0 Å². The summed E-state index contributed by atoms with van der Waals surface area (Å²) in [5, 5.41) is 34.5.